The number of nitrogens with zero attached hydrogens (tertiary/aromatic N) is 2. The zero-order valence-electron chi connectivity index (χ0n) is 15.1. The molecule has 0 bridgehead atoms. The van der Waals surface area contributed by atoms with E-state index in [2.05, 4.69) is 0 Å². The van der Waals surface area contributed by atoms with E-state index < -0.39 is 16.1 Å². The van der Waals surface area contributed by atoms with Crippen LogP contribution in [0.5, 0.6) is 0 Å². The first-order chi connectivity index (χ1) is 12.4. The van der Waals surface area contributed by atoms with Crippen LogP contribution in [0.1, 0.15) is 25.3 Å². The fourth-order valence-corrected chi connectivity index (χ4v) is 4.77. The lowest BCUT2D eigenvalue weighted by Crippen LogP contribution is -2.52. The van der Waals surface area contributed by atoms with Crippen molar-refractivity contribution >= 4 is 27.3 Å². The Bertz CT molecular complexity index is 881. The maximum atomic E-state index is 13.4. The highest BCUT2D eigenvalue weighted by Crippen LogP contribution is 2.30. The van der Waals surface area contributed by atoms with Gasteiger partial charge >= 0.3 is 0 Å². The molecule has 138 valence electrons. The smallest absolute Gasteiger partial charge is 0.250 e. The van der Waals surface area contributed by atoms with E-state index >= 15 is 0 Å². The Morgan fingerprint density at radius 1 is 1.12 bits per heavy atom. The van der Waals surface area contributed by atoms with Gasteiger partial charge in [0.05, 0.1) is 11.9 Å². The average molecular weight is 372 g/mol. The number of hydrogen-bond acceptors (Lipinski definition) is 3. The van der Waals surface area contributed by atoms with Gasteiger partial charge in [-0.25, -0.2) is 8.42 Å². The van der Waals surface area contributed by atoms with Crippen LogP contribution in [0.25, 0.3) is 0 Å². The van der Waals surface area contributed by atoms with E-state index in [1.54, 1.807) is 29.2 Å². The van der Waals surface area contributed by atoms with Crippen molar-refractivity contribution in [2.75, 3.05) is 22.0 Å². The molecule has 0 spiro atoms. The zero-order valence-corrected chi connectivity index (χ0v) is 15.9. The molecule has 0 N–H and O–H groups in total. The van der Waals surface area contributed by atoms with Crippen molar-refractivity contribution in [2.45, 2.75) is 32.2 Å². The quantitative estimate of drug-likeness (QED) is 0.810. The maximum Gasteiger partial charge on any atom is 0.250 e. The molecule has 3 rings (SSSR count). The van der Waals surface area contributed by atoms with E-state index in [0.29, 0.717) is 18.7 Å². The molecule has 0 aromatic heterocycles. The number of aryl methyl sites for hydroxylation is 1. The van der Waals surface area contributed by atoms with Crippen molar-refractivity contribution < 1.29 is 13.2 Å². The summed E-state index contributed by atoms with van der Waals surface area (Å²) in [6, 6.07) is 15.9. The minimum Gasteiger partial charge on any atom is -0.310 e. The highest BCUT2D eigenvalue weighted by Gasteiger charge is 2.35. The second-order valence-corrected chi connectivity index (χ2v) is 8.40. The van der Waals surface area contributed by atoms with Crippen LogP contribution in [0.15, 0.2) is 54.6 Å². The van der Waals surface area contributed by atoms with Crippen LogP contribution in [0.4, 0.5) is 11.4 Å². The first kappa shape index (κ1) is 18.5. The highest BCUT2D eigenvalue weighted by atomic mass is 32.2. The molecule has 1 atom stereocenters. The summed E-state index contributed by atoms with van der Waals surface area (Å²) in [7, 11) is -3.60. The van der Waals surface area contributed by atoms with Gasteiger partial charge < -0.3 is 4.90 Å². The standard InChI is InChI=1S/C20H24N2O3S/c1-3-18(22(26(2,24)25)17-12-5-4-6-13-17)20(23)21-15-9-11-16-10-7-8-14-19(16)21/h4-8,10,12-14,18H,3,9,11,15H2,1-2H3/t18-/m0/s1. The topological polar surface area (TPSA) is 57.7 Å². The Kier molecular flexibility index (Phi) is 5.32. The second kappa shape index (κ2) is 7.50. The van der Waals surface area contributed by atoms with Gasteiger partial charge in [-0.1, -0.05) is 43.3 Å². The molecule has 26 heavy (non-hydrogen) atoms. The van der Waals surface area contributed by atoms with Gasteiger partial charge in [-0.05, 0) is 43.0 Å². The fraction of sp³-hybridized carbons (Fsp3) is 0.350. The summed E-state index contributed by atoms with van der Waals surface area (Å²) in [6.07, 6.45) is 3.37. The summed E-state index contributed by atoms with van der Waals surface area (Å²) in [5.41, 5.74) is 2.54. The second-order valence-electron chi connectivity index (χ2n) is 6.54. The largest absolute Gasteiger partial charge is 0.310 e. The number of sulfonamides is 1. The molecule has 6 heteroatoms. The minimum absolute atomic E-state index is 0.172. The molecular formula is C20H24N2O3S. The maximum absolute atomic E-state index is 13.4. The summed E-state index contributed by atoms with van der Waals surface area (Å²) in [5.74, 6) is -0.172. The Hall–Kier alpha value is -2.34. The van der Waals surface area contributed by atoms with Gasteiger partial charge in [-0.2, -0.15) is 0 Å². The van der Waals surface area contributed by atoms with Gasteiger partial charge in [-0.15, -0.1) is 0 Å². The third-order valence-electron chi connectivity index (χ3n) is 4.70. The van der Waals surface area contributed by atoms with Gasteiger partial charge in [0.25, 0.3) is 5.91 Å². The average Bonchev–Trinajstić information content (AvgIpc) is 2.64. The summed E-state index contributed by atoms with van der Waals surface area (Å²) >= 11 is 0. The lowest BCUT2D eigenvalue weighted by Gasteiger charge is -2.36. The first-order valence-corrected chi connectivity index (χ1v) is 10.7. The summed E-state index contributed by atoms with van der Waals surface area (Å²) in [6.45, 7) is 2.46. The molecule has 2 aromatic rings. The first-order valence-electron chi connectivity index (χ1n) is 8.87. The van der Waals surface area contributed by atoms with E-state index in [4.69, 9.17) is 0 Å². The molecule has 1 aliphatic heterocycles. The third kappa shape index (κ3) is 3.60. The predicted octanol–water partition coefficient (Wildman–Crippen LogP) is 3.21. The molecule has 0 radical (unpaired) electrons. The monoisotopic (exact) mass is 372 g/mol. The van der Waals surface area contributed by atoms with E-state index in [1.165, 1.54) is 4.31 Å². The van der Waals surface area contributed by atoms with Crippen molar-refractivity contribution in [3.05, 3.63) is 60.2 Å². The number of para-hydroxylation sites is 2. The summed E-state index contributed by atoms with van der Waals surface area (Å²) in [5, 5.41) is 0. The summed E-state index contributed by atoms with van der Waals surface area (Å²) in [4.78, 5) is 15.1. The number of carbonyl (C=O) groups is 1. The third-order valence-corrected chi connectivity index (χ3v) is 5.88. The molecule has 2 aromatic carbocycles. The van der Waals surface area contributed by atoms with E-state index in [-0.39, 0.29) is 5.91 Å². The van der Waals surface area contributed by atoms with Gasteiger partial charge in [0, 0.05) is 12.2 Å². The molecule has 0 unspecified atom stereocenters. The minimum atomic E-state index is -3.60. The van der Waals surface area contributed by atoms with Gasteiger partial charge in [-0.3, -0.25) is 9.10 Å². The number of fused-ring (bicyclic) bond motifs is 1. The lowest BCUT2D eigenvalue weighted by atomic mass is 10.0. The van der Waals surface area contributed by atoms with Crippen molar-refractivity contribution in [3.8, 4) is 0 Å². The van der Waals surface area contributed by atoms with E-state index in [0.717, 1.165) is 30.3 Å². The van der Waals surface area contributed by atoms with Crippen LogP contribution < -0.4 is 9.21 Å². The van der Waals surface area contributed by atoms with Crippen molar-refractivity contribution in [3.63, 3.8) is 0 Å². The number of amides is 1. The number of benzene rings is 2. The van der Waals surface area contributed by atoms with Crippen molar-refractivity contribution in [1.29, 1.82) is 0 Å². The molecule has 0 aliphatic carbocycles. The van der Waals surface area contributed by atoms with Crippen LogP contribution in [0.3, 0.4) is 0 Å². The van der Waals surface area contributed by atoms with Crippen LogP contribution in [0.2, 0.25) is 0 Å². The van der Waals surface area contributed by atoms with Crippen LogP contribution >= 0.6 is 0 Å². The van der Waals surface area contributed by atoms with Gasteiger partial charge in [0.2, 0.25) is 10.0 Å². The Labute approximate surface area is 155 Å². The van der Waals surface area contributed by atoms with Crippen LogP contribution in [0, 0.1) is 0 Å². The molecular weight excluding hydrogens is 348 g/mol. The summed E-state index contributed by atoms with van der Waals surface area (Å²) < 4.78 is 26.3. The zero-order chi connectivity index (χ0) is 18.7. The SMILES string of the molecule is CC[C@@H](C(=O)N1CCCc2ccccc21)N(c1ccccc1)S(C)(=O)=O. The van der Waals surface area contributed by atoms with Crippen molar-refractivity contribution in [1.82, 2.24) is 0 Å². The Balaban J connectivity index is 2.01. The number of rotatable bonds is 5. The van der Waals surface area contributed by atoms with E-state index in [9.17, 15) is 13.2 Å². The number of carbonyl (C=O) groups excluding carboxylic acids is 1. The normalized spacial score (nSPS) is 15.2. The molecule has 1 amide bonds. The number of hydrogen-bond donors (Lipinski definition) is 0. The predicted molar refractivity (Wildman–Crippen MR) is 105 cm³/mol. The fourth-order valence-electron chi connectivity index (χ4n) is 3.56. The highest BCUT2D eigenvalue weighted by molar-refractivity contribution is 7.92. The lowest BCUT2D eigenvalue weighted by molar-refractivity contribution is -0.119. The van der Waals surface area contributed by atoms with Crippen molar-refractivity contribution in [2.24, 2.45) is 0 Å². The Morgan fingerprint density at radius 3 is 2.42 bits per heavy atom. The van der Waals surface area contributed by atoms with Gasteiger partial charge in [0.1, 0.15) is 6.04 Å². The molecule has 0 saturated carbocycles. The van der Waals surface area contributed by atoms with Crippen LogP contribution in [-0.4, -0.2) is 33.2 Å². The van der Waals surface area contributed by atoms with Gasteiger partial charge in [0.15, 0.2) is 0 Å². The molecule has 0 saturated heterocycles. The number of anilines is 2. The van der Waals surface area contributed by atoms with Crippen LogP contribution in [-0.2, 0) is 21.2 Å². The molecule has 1 heterocycles. The molecule has 0 fully saturated rings. The Morgan fingerprint density at radius 2 is 1.77 bits per heavy atom. The van der Waals surface area contributed by atoms with E-state index in [1.807, 2.05) is 37.3 Å². The molecule has 1 aliphatic rings. The molecule has 5 nitrogen and oxygen atoms in total.